The van der Waals surface area contributed by atoms with Gasteiger partial charge in [-0.2, -0.15) is 0 Å². The van der Waals surface area contributed by atoms with E-state index in [9.17, 15) is 19.1 Å². The van der Waals surface area contributed by atoms with Gasteiger partial charge in [0.25, 0.3) is 5.78 Å². The Morgan fingerprint density at radius 2 is 1.79 bits per heavy atom. The molecule has 0 radical (unpaired) electrons. The lowest BCUT2D eigenvalue weighted by atomic mass is 9.95. The van der Waals surface area contributed by atoms with E-state index in [2.05, 4.69) is 10.2 Å². The van der Waals surface area contributed by atoms with E-state index in [1.807, 2.05) is 0 Å². The second kappa shape index (κ2) is 10.9. The Hall–Kier alpha value is -3.73. The van der Waals surface area contributed by atoms with Crippen LogP contribution in [0, 0.1) is 5.82 Å². The smallest absolute Gasteiger partial charge is 0.301 e. The van der Waals surface area contributed by atoms with E-state index in [4.69, 9.17) is 16.3 Å². The summed E-state index contributed by atoms with van der Waals surface area (Å²) in [5.41, 5.74) is 1.33. The lowest BCUT2D eigenvalue weighted by Gasteiger charge is -2.22. The average Bonchev–Trinajstić information content (AvgIpc) is 3.50. The van der Waals surface area contributed by atoms with E-state index < -0.39 is 17.7 Å². The van der Waals surface area contributed by atoms with Crippen molar-refractivity contribution in [3.05, 3.63) is 106 Å². The molecule has 38 heavy (non-hydrogen) atoms. The highest BCUT2D eigenvalue weighted by Gasteiger charge is 2.48. The first-order valence-electron chi connectivity index (χ1n) is 11.3. The number of carbonyl (C=O) groups excluding carboxylic acids is 2. The second-order valence-electron chi connectivity index (χ2n) is 8.18. The number of ketones is 1. The zero-order valence-electron chi connectivity index (χ0n) is 19.8. The highest BCUT2D eigenvalue weighted by molar-refractivity contribution is 8.00. The quantitative estimate of drug-likeness (QED) is 0.0926. The Morgan fingerprint density at radius 1 is 1.08 bits per heavy atom. The minimum Gasteiger partial charge on any atom is -0.507 e. The number of amides is 1. The van der Waals surface area contributed by atoms with Crippen molar-refractivity contribution in [3.63, 3.8) is 0 Å². The maximum atomic E-state index is 14.0. The number of methoxy groups -OCH3 is 1. The third-order valence-electron chi connectivity index (χ3n) is 5.90. The van der Waals surface area contributed by atoms with Crippen molar-refractivity contribution in [3.8, 4) is 5.75 Å². The fourth-order valence-corrected chi connectivity index (χ4v) is 5.99. The van der Waals surface area contributed by atoms with E-state index >= 15 is 0 Å². The largest absolute Gasteiger partial charge is 0.507 e. The minimum atomic E-state index is -0.966. The number of aliphatic hydroxyl groups is 1. The van der Waals surface area contributed by atoms with Crippen LogP contribution >= 0.6 is 34.7 Å². The molecule has 1 aliphatic heterocycles. The van der Waals surface area contributed by atoms with Gasteiger partial charge in [-0.05, 0) is 53.6 Å². The number of hydrogen-bond acceptors (Lipinski definition) is 8. The molecule has 4 aromatic rings. The van der Waals surface area contributed by atoms with Crippen LogP contribution in [0.5, 0.6) is 5.75 Å². The monoisotopic (exact) mass is 567 g/mol. The predicted octanol–water partition coefficient (Wildman–Crippen LogP) is 6.26. The number of nitrogens with zero attached hydrogens (tertiary/aromatic N) is 3. The molecule has 11 heteroatoms. The van der Waals surface area contributed by atoms with Crippen LogP contribution in [0.2, 0.25) is 5.02 Å². The summed E-state index contributed by atoms with van der Waals surface area (Å²) in [4.78, 5) is 27.8. The van der Waals surface area contributed by atoms with Crippen LogP contribution < -0.4 is 9.64 Å². The summed E-state index contributed by atoms with van der Waals surface area (Å²) in [6.45, 7) is 0. The van der Waals surface area contributed by atoms with Gasteiger partial charge in [0.1, 0.15) is 17.3 Å². The normalized spacial score (nSPS) is 16.7. The van der Waals surface area contributed by atoms with Crippen molar-refractivity contribution in [2.24, 2.45) is 0 Å². The number of ether oxygens (including phenoxy) is 1. The SMILES string of the molecule is COc1ccc(/C(O)=C2/C(=O)C(=O)N(c3nnc(SCc4ccccc4F)s3)C2c2ccc(Cl)cc2)cc1. The van der Waals surface area contributed by atoms with Gasteiger partial charge in [-0.15, -0.1) is 10.2 Å². The standard InChI is InChI=1S/C27H19ClFN3O4S2/c1-36-19-12-8-16(9-13-19)23(33)21-22(15-6-10-18(28)11-7-15)32(25(35)24(21)34)26-30-31-27(38-26)37-14-17-4-2-3-5-20(17)29/h2-13,22,33H,14H2,1H3/b23-21-. The highest BCUT2D eigenvalue weighted by Crippen LogP contribution is 2.44. The Labute approximate surface area is 230 Å². The molecular weight excluding hydrogens is 549 g/mol. The van der Waals surface area contributed by atoms with Crippen LogP contribution in [-0.2, 0) is 15.3 Å². The number of thioether (sulfide) groups is 1. The molecule has 1 fully saturated rings. The summed E-state index contributed by atoms with van der Waals surface area (Å²) in [5, 5.41) is 20.2. The molecule has 1 atom stereocenters. The lowest BCUT2D eigenvalue weighted by Crippen LogP contribution is -2.29. The Balaban J connectivity index is 1.53. The van der Waals surface area contributed by atoms with Crippen molar-refractivity contribution in [1.29, 1.82) is 0 Å². The first-order chi connectivity index (χ1) is 18.4. The molecule has 1 unspecified atom stereocenters. The van der Waals surface area contributed by atoms with E-state index in [-0.39, 0.29) is 22.3 Å². The van der Waals surface area contributed by atoms with E-state index in [0.717, 1.165) is 11.3 Å². The average molecular weight is 568 g/mol. The van der Waals surface area contributed by atoms with Crippen molar-refractivity contribution >= 4 is 57.3 Å². The Bertz CT molecular complexity index is 1540. The molecule has 0 saturated carbocycles. The topological polar surface area (TPSA) is 92.6 Å². The fraction of sp³-hybridized carbons (Fsp3) is 0.111. The summed E-state index contributed by atoms with van der Waals surface area (Å²) >= 11 is 8.45. The van der Waals surface area contributed by atoms with E-state index in [1.165, 1.54) is 29.8 Å². The van der Waals surface area contributed by atoms with Gasteiger partial charge in [0.2, 0.25) is 5.13 Å². The molecule has 1 aliphatic rings. The Kier molecular flexibility index (Phi) is 7.46. The van der Waals surface area contributed by atoms with Crippen LogP contribution in [0.3, 0.4) is 0 Å². The van der Waals surface area contributed by atoms with E-state index in [1.54, 1.807) is 66.7 Å². The second-order valence-corrected chi connectivity index (χ2v) is 10.8. The number of aromatic nitrogens is 2. The number of anilines is 1. The summed E-state index contributed by atoms with van der Waals surface area (Å²) in [6.07, 6.45) is 0. The molecule has 0 aliphatic carbocycles. The molecule has 5 rings (SSSR count). The van der Waals surface area contributed by atoms with Gasteiger partial charge in [-0.1, -0.05) is 65.0 Å². The van der Waals surface area contributed by atoms with Gasteiger partial charge in [-0.25, -0.2) is 4.39 Å². The van der Waals surface area contributed by atoms with Crippen molar-refractivity contribution in [2.45, 2.75) is 16.1 Å². The maximum Gasteiger partial charge on any atom is 0.301 e. The van der Waals surface area contributed by atoms with Gasteiger partial charge in [0.15, 0.2) is 4.34 Å². The molecule has 1 aromatic heterocycles. The molecule has 1 amide bonds. The third-order valence-corrected chi connectivity index (χ3v) is 8.26. The summed E-state index contributed by atoms with van der Waals surface area (Å²) in [7, 11) is 1.52. The molecule has 2 heterocycles. The summed E-state index contributed by atoms with van der Waals surface area (Å²) < 4.78 is 19.7. The number of Topliss-reactive ketones (excluding diaryl/α,β-unsaturated/α-hetero) is 1. The predicted molar refractivity (Wildman–Crippen MR) is 145 cm³/mol. The zero-order valence-corrected chi connectivity index (χ0v) is 22.2. The summed E-state index contributed by atoms with van der Waals surface area (Å²) in [6, 6.07) is 18.6. The number of hydrogen-bond donors (Lipinski definition) is 1. The van der Waals surface area contributed by atoms with E-state index in [0.29, 0.717) is 37.6 Å². The van der Waals surface area contributed by atoms with Crippen LogP contribution in [-0.4, -0.2) is 34.1 Å². The Morgan fingerprint density at radius 3 is 2.47 bits per heavy atom. The molecule has 7 nitrogen and oxygen atoms in total. The molecule has 1 N–H and O–H groups in total. The molecule has 192 valence electrons. The highest BCUT2D eigenvalue weighted by atomic mass is 35.5. The number of carbonyl (C=O) groups is 2. The molecule has 0 spiro atoms. The zero-order chi connectivity index (χ0) is 26.8. The lowest BCUT2D eigenvalue weighted by molar-refractivity contribution is -0.132. The molecule has 0 bridgehead atoms. The molecule has 1 saturated heterocycles. The van der Waals surface area contributed by atoms with Crippen LogP contribution in [0.15, 0.2) is 82.7 Å². The minimum absolute atomic E-state index is 0.0850. The first kappa shape index (κ1) is 25.9. The van der Waals surface area contributed by atoms with Crippen LogP contribution in [0.25, 0.3) is 5.76 Å². The van der Waals surface area contributed by atoms with Gasteiger partial charge in [-0.3, -0.25) is 14.5 Å². The number of aliphatic hydroxyl groups excluding tert-OH is 1. The van der Waals surface area contributed by atoms with Crippen LogP contribution in [0.1, 0.15) is 22.7 Å². The summed E-state index contributed by atoms with van der Waals surface area (Å²) in [5.74, 6) is -1.46. The van der Waals surface area contributed by atoms with Crippen LogP contribution in [0.4, 0.5) is 9.52 Å². The van der Waals surface area contributed by atoms with Crippen molar-refractivity contribution in [1.82, 2.24) is 10.2 Å². The number of rotatable bonds is 7. The van der Waals surface area contributed by atoms with Crippen molar-refractivity contribution in [2.75, 3.05) is 12.0 Å². The van der Waals surface area contributed by atoms with Crippen molar-refractivity contribution < 1.29 is 23.8 Å². The first-order valence-corrected chi connectivity index (χ1v) is 13.5. The number of halogens is 2. The molecular formula is C27H19ClFN3O4S2. The van der Waals surface area contributed by atoms with Gasteiger partial charge in [0.05, 0.1) is 18.7 Å². The fourth-order valence-electron chi connectivity index (χ4n) is 4.01. The third kappa shape index (κ3) is 5.02. The maximum absolute atomic E-state index is 14.0. The van der Waals surface area contributed by atoms with Gasteiger partial charge in [0, 0.05) is 16.3 Å². The number of benzene rings is 3. The van der Waals surface area contributed by atoms with Gasteiger partial charge < -0.3 is 9.84 Å². The van der Waals surface area contributed by atoms with Gasteiger partial charge >= 0.3 is 5.91 Å². The molecule has 3 aromatic carbocycles.